The number of aromatic nitrogens is 1. The first-order valence-corrected chi connectivity index (χ1v) is 5.83. The highest BCUT2D eigenvalue weighted by Crippen LogP contribution is 2.27. The molecule has 0 saturated heterocycles. The minimum absolute atomic E-state index is 0.123. The normalized spacial score (nSPS) is 10.6. The average Bonchev–Trinajstić information content (AvgIpc) is 2.36. The molecule has 1 heterocycles. The molecule has 2 aromatic rings. The van der Waals surface area contributed by atoms with Crippen LogP contribution < -0.4 is 4.74 Å². The van der Waals surface area contributed by atoms with Crippen LogP contribution in [0.15, 0.2) is 29.0 Å². The third kappa shape index (κ3) is 3.04. The molecule has 19 heavy (non-hydrogen) atoms. The molecule has 0 bridgehead atoms. The second-order valence-corrected chi connectivity index (χ2v) is 4.51. The maximum absolute atomic E-state index is 13.3. The molecular weight excluding hydrogens is 330 g/mol. The van der Waals surface area contributed by atoms with E-state index in [1.807, 2.05) is 0 Å². The predicted octanol–water partition coefficient (Wildman–Crippen LogP) is 3.98. The third-order valence-electron chi connectivity index (χ3n) is 2.22. The fourth-order valence-corrected chi connectivity index (χ4v) is 1.78. The molecule has 0 amide bonds. The lowest BCUT2D eigenvalue weighted by Crippen LogP contribution is -2.04. The summed E-state index contributed by atoms with van der Waals surface area (Å²) >= 11 is 3.15. The van der Waals surface area contributed by atoms with Crippen molar-refractivity contribution in [3.05, 3.63) is 57.8 Å². The van der Waals surface area contributed by atoms with Gasteiger partial charge in [-0.05, 0) is 22.0 Å². The molecular formula is C12H6BrF4NO. The van der Waals surface area contributed by atoms with E-state index in [-0.39, 0.29) is 12.7 Å². The van der Waals surface area contributed by atoms with E-state index in [1.54, 1.807) is 6.07 Å². The van der Waals surface area contributed by atoms with Gasteiger partial charge in [-0.2, -0.15) is 8.78 Å². The van der Waals surface area contributed by atoms with Crippen LogP contribution in [-0.2, 0) is 6.61 Å². The molecule has 2 rings (SSSR count). The number of pyridine rings is 1. The van der Waals surface area contributed by atoms with Gasteiger partial charge in [0.15, 0.2) is 17.4 Å². The van der Waals surface area contributed by atoms with Gasteiger partial charge in [-0.15, -0.1) is 0 Å². The number of hydrogen-bond acceptors (Lipinski definition) is 2. The van der Waals surface area contributed by atoms with Gasteiger partial charge in [0, 0.05) is 28.5 Å². The van der Waals surface area contributed by atoms with Crippen molar-refractivity contribution >= 4 is 15.9 Å². The summed E-state index contributed by atoms with van der Waals surface area (Å²) in [5.74, 6) is -7.25. The van der Waals surface area contributed by atoms with E-state index in [9.17, 15) is 17.6 Å². The zero-order valence-electron chi connectivity index (χ0n) is 9.26. The Morgan fingerprint density at radius 2 is 1.63 bits per heavy atom. The molecule has 0 spiro atoms. The summed E-state index contributed by atoms with van der Waals surface area (Å²) in [7, 11) is 0. The summed E-state index contributed by atoms with van der Waals surface area (Å²) in [4.78, 5) is 3.81. The molecule has 0 atom stereocenters. The van der Waals surface area contributed by atoms with Gasteiger partial charge in [0.25, 0.3) is 0 Å². The minimum Gasteiger partial charge on any atom is -0.483 e. The van der Waals surface area contributed by atoms with Crippen LogP contribution in [0, 0.1) is 23.3 Å². The number of hydrogen-bond donors (Lipinski definition) is 0. The summed E-state index contributed by atoms with van der Waals surface area (Å²) in [6.45, 7) is -0.275. The Kier molecular flexibility index (Phi) is 4.04. The van der Waals surface area contributed by atoms with E-state index in [4.69, 9.17) is 4.74 Å². The van der Waals surface area contributed by atoms with Crippen molar-refractivity contribution in [2.75, 3.05) is 0 Å². The molecule has 0 fully saturated rings. The third-order valence-corrected chi connectivity index (χ3v) is 2.65. The largest absolute Gasteiger partial charge is 0.483 e. The van der Waals surface area contributed by atoms with Gasteiger partial charge in [-0.3, -0.25) is 4.98 Å². The van der Waals surface area contributed by atoms with Gasteiger partial charge in [-0.1, -0.05) is 0 Å². The zero-order chi connectivity index (χ0) is 14.0. The summed E-state index contributed by atoms with van der Waals surface area (Å²) in [5.41, 5.74) is 0.484. The van der Waals surface area contributed by atoms with Gasteiger partial charge in [0.2, 0.25) is 11.6 Å². The molecule has 0 saturated carbocycles. The van der Waals surface area contributed by atoms with E-state index in [1.165, 1.54) is 12.4 Å². The zero-order valence-corrected chi connectivity index (χ0v) is 10.8. The highest BCUT2D eigenvalue weighted by Gasteiger charge is 2.20. The molecule has 0 aliphatic rings. The van der Waals surface area contributed by atoms with Crippen LogP contribution in [-0.4, -0.2) is 4.98 Å². The Morgan fingerprint density at radius 3 is 2.21 bits per heavy atom. The first-order chi connectivity index (χ1) is 8.99. The molecule has 0 unspecified atom stereocenters. The Labute approximate surface area is 114 Å². The lowest BCUT2D eigenvalue weighted by Gasteiger charge is -2.09. The van der Waals surface area contributed by atoms with Crippen LogP contribution in [0.4, 0.5) is 17.6 Å². The summed E-state index contributed by atoms with van der Waals surface area (Å²) in [6, 6.07) is 1.72. The average molecular weight is 336 g/mol. The molecule has 1 aromatic heterocycles. The molecule has 0 radical (unpaired) electrons. The van der Waals surface area contributed by atoms with Gasteiger partial charge < -0.3 is 4.74 Å². The SMILES string of the molecule is Fc1cc(F)c(F)c(OCc2cncc(Br)c2)c1F. The monoisotopic (exact) mass is 335 g/mol. The quantitative estimate of drug-likeness (QED) is 0.625. The number of nitrogens with zero attached hydrogens (tertiary/aromatic N) is 1. The van der Waals surface area contributed by atoms with Crippen molar-refractivity contribution in [1.29, 1.82) is 0 Å². The maximum Gasteiger partial charge on any atom is 0.203 e. The van der Waals surface area contributed by atoms with Crippen LogP contribution in [0.1, 0.15) is 5.56 Å². The smallest absolute Gasteiger partial charge is 0.203 e. The van der Waals surface area contributed by atoms with E-state index in [2.05, 4.69) is 20.9 Å². The Morgan fingerprint density at radius 1 is 1.00 bits per heavy atom. The second kappa shape index (κ2) is 5.56. The minimum atomic E-state index is -1.57. The van der Waals surface area contributed by atoms with Gasteiger partial charge >= 0.3 is 0 Å². The van der Waals surface area contributed by atoms with Crippen molar-refractivity contribution < 1.29 is 22.3 Å². The molecule has 0 aliphatic heterocycles. The maximum atomic E-state index is 13.3. The molecule has 2 nitrogen and oxygen atoms in total. The fourth-order valence-electron chi connectivity index (χ4n) is 1.37. The topological polar surface area (TPSA) is 22.1 Å². The number of benzene rings is 1. The van der Waals surface area contributed by atoms with Crippen molar-refractivity contribution in [2.45, 2.75) is 6.61 Å². The molecule has 100 valence electrons. The van der Waals surface area contributed by atoms with Crippen molar-refractivity contribution in [1.82, 2.24) is 4.98 Å². The van der Waals surface area contributed by atoms with Crippen LogP contribution in [0.5, 0.6) is 5.75 Å². The number of rotatable bonds is 3. The van der Waals surface area contributed by atoms with Crippen LogP contribution in [0.2, 0.25) is 0 Å². The Balaban J connectivity index is 2.25. The number of ether oxygens (including phenoxy) is 1. The lowest BCUT2D eigenvalue weighted by molar-refractivity contribution is 0.261. The van der Waals surface area contributed by atoms with Gasteiger partial charge in [0.1, 0.15) is 6.61 Å². The lowest BCUT2D eigenvalue weighted by atomic mass is 10.2. The van der Waals surface area contributed by atoms with Gasteiger partial charge in [0.05, 0.1) is 0 Å². The van der Waals surface area contributed by atoms with Crippen LogP contribution >= 0.6 is 15.9 Å². The molecule has 7 heteroatoms. The van der Waals surface area contributed by atoms with Crippen LogP contribution in [0.3, 0.4) is 0 Å². The predicted molar refractivity (Wildman–Crippen MR) is 62.5 cm³/mol. The fraction of sp³-hybridized carbons (Fsp3) is 0.0833. The van der Waals surface area contributed by atoms with Crippen molar-refractivity contribution in [3.63, 3.8) is 0 Å². The summed E-state index contributed by atoms with van der Waals surface area (Å²) in [6.07, 6.45) is 2.91. The summed E-state index contributed by atoms with van der Waals surface area (Å²) < 4.78 is 57.9. The van der Waals surface area contributed by atoms with E-state index < -0.39 is 29.0 Å². The highest BCUT2D eigenvalue weighted by atomic mass is 79.9. The Hall–Kier alpha value is -1.63. The van der Waals surface area contributed by atoms with Crippen molar-refractivity contribution in [3.8, 4) is 5.75 Å². The highest BCUT2D eigenvalue weighted by molar-refractivity contribution is 9.10. The van der Waals surface area contributed by atoms with Crippen LogP contribution in [0.25, 0.3) is 0 Å². The second-order valence-electron chi connectivity index (χ2n) is 3.60. The van der Waals surface area contributed by atoms with E-state index >= 15 is 0 Å². The number of halogens is 5. The van der Waals surface area contributed by atoms with E-state index in [0.717, 1.165) is 0 Å². The molecule has 0 N–H and O–H groups in total. The first-order valence-electron chi connectivity index (χ1n) is 5.04. The standard InChI is InChI=1S/C12H6BrF4NO/c13-7-1-6(3-18-4-7)5-19-12-10(16)8(14)2-9(15)11(12)17/h1-4H,5H2. The molecule has 0 aliphatic carbocycles. The first kappa shape index (κ1) is 13.8. The van der Waals surface area contributed by atoms with Crippen molar-refractivity contribution in [2.24, 2.45) is 0 Å². The van der Waals surface area contributed by atoms with Gasteiger partial charge in [-0.25, -0.2) is 8.78 Å². The summed E-state index contributed by atoms with van der Waals surface area (Å²) in [5, 5.41) is 0. The molecule has 1 aromatic carbocycles. The Bertz CT molecular complexity index is 595. The van der Waals surface area contributed by atoms with E-state index in [0.29, 0.717) is 10.0 Å².